The van der Waals surface area contributed by atoms with E-state index in [0.717, 1.165) is 22.2 Å². The molecule has 5 rings (SSSR count). The van der Waals surface area contributed by atoms with Crippen molar-refractivity contribution in [3.05, 3.63) is 58.7 Å². The number of rotatable bonds is 6. The molecule has 11 heteroatoms. The Balaban J connectivity index is 1.30. The molecule has 2 saturated heterocycles. The molecule has 2 atom stereocenters. The number of amides is 4. The lowest BCUT2D eigenvalue weighted by Gasteiger charge is -2.29. The van der Waals surface area contributed by atoms with Crippen molar-refractivity contribution >= 4 is 44.8 Å². The van der Waals surface area contributed by atoms with Crippen molar-refractivity contribution in [2.45, 2.75) is 38.0 Å². The van der Waals surface area contributed by atoms with Crippen molar-refractivity contribution in [3.8, 4) is 5.75 Å². The van der Waals surface area contributed by atoms with Crippen LogP contribution in [-0.2, 0) is 32.2 Å². The van der Waals surface area contributed by atoms with Crippen LogP contribution in [0.2, 0.25) is 0 Å². The second kappa shape index (κ2) is 9.81. The van der Waals surface area contributed by atoms with E-state index in [9.17, 15) is 19.2 Å². The van der Waals surface area contributed by atoms with E-state index in [0.29, 0.717) is 37.4 Å². The van der Waals surface area contributed by atoms with Crippen LogP contribution in [0.3, 0.4) is 0 Å². The molecule has 0 aliphatic carbocycles. The first-order chi connectivity index (χ1) is 17.3. The van der Waals surface area contributed by atoms with Crippen molar-refractivity contribution in [1.82, 2.24) is 15.1 Å². The Labute approximate surface area is 210 Å². The third kappa shape index (κ3) is 4.63. The molecule has 2 unspecified atom stereocenters. The number of carbonyl (C=O) groups is 4. The van der Waals surface area contributed by atoms with Gasteiger partial charge in [0.1, 0.15) is 26.2 Å². The molecule has 1 N–H and O–H groups in total. The standard InChI is InChI=1S/C25H27B2N3O6/c26-18-10-14(11-29-8-9-35-13-22(29)32)4-5-16(18)23(27)36-20-3-1-2-15-17(20)12-30(25(15)34)19-6-7-21(31)28-24(19)33/h1-5,10,19,23H,6-9,11-13,26-27H2,(H,28,31,33). The van der Waals surface area contributed by atoms with E-state index in [1.165, 1.54) is 4.90 Å². The monoisotopic (exact) mass is 487 g/mol. The van der Waals surface area contributed by atoms with Gasteiger partial charge < -0.3 is 19.3 Å². The minimum atomic E-state index is -0.666. The van der Waals surface area contributed by atoms with Crippen molar-refractivity contribution in [3.63, 3.8) is 0 Å². The van der Waals surface area contributed by atoms with Crippen molar-refractivity contribution in [2.24, 2.45) is 0 Å². The second-order valence-electron chi connectivity index (χ2n) is 9.50. The molecule has 184 valence electrons. The van der Waals surface area contributed by atoms with Crippen LogP contribution in [0, 0.1) is 0 Å². The molecule has 0 spiro atoms. The molecule has 3 aliphatic heterocycles. The number of nitrogens with zero attached hydrogens (tertiary/aromatic N) is 2. The molecule has 2 aromatic rings. The molecule has 0 aromatic heterocycles. The van der Waals surface area contributed by atoms with Gasteiger partial charge in [-0.25, -0.2) is 0 Å². The van der Waals surface area contributed by atoms with Gasteiger partial charge in [-0.1, -0.05) is 29.7 Å². The molecular formula is C25H27B2N3O6. The van der Waals surface area contributed by atoms with Crippen molar-refractivity contribution in [2.75, 3.05) is 19.8 Å². The van der Waals surface area contributed by atoms with E-state index in [1.54, 1.807) is 17.0 Å². The fourth-order valence-electron chi connectivity index (χ4n) is 5.15. The zero-order valence-corrected chi connectivity index (χ0v) is 20.4. The average Bonchev–Trinajstić information content (AvgIpc) is 3.18. The van der Waals surface area contributed by atoms with Crippen LogP contribution in [0.15, 0.2) is 36.4 Å². The van der Waals surface area contributed by atoms with E-state index in [2.05, 4.69) is 11.4 Å². The normalized spacial score (nSPS) is 20.8. The van der Waals surface area contributed by atoms with Gasteiger partial charge in [0, 0.05) is 30.6 Å². The van der Waals surface area contributed by atoms with E-state index in [1.807, 2.05) is 33.9 Å². The van der Waals surface area contributed by atoms with Crippen LogP contribution < -0.4 is 15.5 Å². The minimum Gasteiger partial charge on any atom is -0.495 e. The average molecular weight is 487 g/mol. The first kappa shape index (κ1) is 24.1. The number of imide groups is 1. The first-order valence-corrected chi connectivity index (χ1v) is 12.2. The summed E-state index contributed by atoms with van der Waals surface area (Å²) in [7, 11) is 3.98. The van der Waals surface area contributed by atoms with Crippen LogP contribution in [0.25, 0.3) is 0 Å². The Morgan fingerprint density at radius 2 is 2.00 bits per heavy atom. The zero-order valence-electron chi connectivity index (χ0n) is 20.4. The van der Waals surface area contributed by atoms with E-state index in [4.69, 9.17) is 9.47 Å². The molecule has 0 radical (unpaired) electrons. The highest BCUT2D eigenvalue weighted by Crippen LogP contribution is 2.35. The number of morpholine rings is 1. The predicted molar refractivity (Wildman–Crippen MR) is 135 cm³/mol. The lowest BCUT2D eigenvalue weighted by molar-refractivity contribution is -0.143. The molecule has 0 bridgehead atoms. The Kier molecular flexibility index (Phi) is 6.57. The Bertz CT molecular complexity index is 1250. The summed E-state index contributed by atoms with van der Waals surface area (Å²) in [4.78, 5) is 52.3. The molecule has 3 aliphatic rings. The molecule has 9 nitrogen and oxygen atoms in total. The zero-order chi connectivity index (χ0) is 25.4. The fourth-order valence-corrected chi connectivity index (χ4v) is 5.15. The van der Waals surface area contributed by atoms with Crippen molar-refractivity contribution in [1.29, 1.82) is 0 Å². The van der Waals surface area contributed by atoms with Gasteiger partial charge >= 0.3 is 0 Å². The van der Waals surface area contributed by atoms with Crippen LogP contribution in [0.4, 0.5) is 0 Å². The van der Waals surface area contributed by atoms with E-state index >= 15 is 0 Å². The highest BCUT2D eigenvalue weighted by atomic mass is 16.5. The summed E-state index contributed by atoms with van der Waals surface area (Å²) in [5, 5.41) is 2.33. The number of ether oxygens (including phenoxy) is 2. The number of fused-ring (bicyclic) bond motifs is 1. The summed E-state index contributed by atoms with van der Waals surface area (Å²) < 4.78 is 11.5. The predicted octanol–water partition coefficient (Wildman–Crippen LogP) is -1.22. The maximum absolute atomic E-state index is 13.1. The van der Waals surface area contributed by atoms with Gasteiger partial charge in [-0.15, -0.1) is 0 Å². The van der Waals surface area contributed by atoms with Crippen LogP contribution >= 0.6 is 0 Å². The topological polar surface area (TPSA) is 105 Å². The molecule has 2 aromatic carbocycles. The Hall–Kier alpha value is -3.59. The lowest BCUT2D eigenvalue weighted by Crippen LogP contribution is -2.52. The largest absolute Gasteiger partial charge is 0.495 e. The summed E-state index contributed by atoms with van der Waals surface area (Å²) in [6, 6.07) is 10.5. The summed E-state index contributed by atoms with van der Waals surface area (Å²) in [5.41, 5.74) is 4.38. The van der Waals surface area contributed by atoms with Crippen LogP contribution in [-0.4, -0.2) is 74.9 Å². The van der Waals surface area contributed by atoms with Gasteiger partial charge in [0.05, 0.1) is 19.2 Å². The highest BCUT2D eigenvalue weighted by Gasteiger charge is 2.40. The summed E-state index contributed by atoms with van der Waals surface area (Å²) in [5.74, 6) is -0.367. The van der Waals surface area contributed by atoms with Gasteiger partial charge in [0.15, 0.2) is 7.85 Å². The molecule has 36 heavy (non-hydrogen) atoms. The molecule has 3 heterocycles. The quantitative estimate of drug-likeness (QED) is 0.405. The number of benzene rings is 2. The van der Waals surface area contributed by atoms with Crippen LogP contribution in [0.5, 0.6) is 5.75 Å². The molecule has 4 amide bonds. The number of carbonyl (C=O) groups excluding carboxylic acids is 4. The van der Waals surface area contributed by atoms with E-state index in [-0.39, 0.29) is 43.3 Å². The van der Waals surface area contributed by atoms with Gasteiger partial charge in [0.25, 0.3) is 5.91 Å². The third-order valence-electron chi connectivity index (χ3n) is 7.07. The summed E-state index contributed by atoms with van der Waals surface area (Å²) in [6.45, 7) is 2.08. The minimum absolute atomic E-state index is 0.00138. The number of hydrogen-bond acceptors (Lipinski definition) is 6. The number of nitrogens with one attached hydrogen (secondary N) is 1. The van der Waals surface area contributed by atoms with Crippen LogP contribution in [0.1, 0.15) is 45.9 Å². The van der Waals surface area contributed by atoms with Gasteiger partial charge in [0.2, 0.25) is 17.7 Å². The highest BCUT2D eigenvalue weighted by molar-refractivity contribution is 6.34. The number of hydrogen-bond donors (Lipinski definition) is 1. The summed E-state index contributed by atoms with van der Waals surface area (Å²) in [6.07, 6.45) is 0.532. The van der Waals surface area contributed by atoms with E-state index < -0.39 is 11.9 Å². The van der Waals surface area contributed by atoms with Crippen molar-refractivity contribution < 1.29 is 28.7 Å². The molecule has 2 fully saturated rings. The Morgan fingerprint density at radius 3 is 2.75 bits per heavy atom. The first-order valence-electron chi connectivity index (χ1n) is 12.2. The lowest BCUT2D eigenvalue weighted by atomic mass is 9.80. The second-order valence-corrected chi connectivity index (χ2v) is 9.50. The molecule has 0 saturated carbocycles. The fraction of sp³-hybridized carbons (Fsp3) is 0.360. The van der Waals surface area contributed by atoms with Gasteiger partial charge in [-0.2, -0.15) is 0 Å². The summed E-state index contributed by atoms with van der Waals surface area (Å²) >= 11 is 0. The Morgan fingerprint density at radius 1 is 1.17 bits per heavy atom. The SMILES string of the molecule is Bc1cc(CN2CCOCC2=O)ccc1C(B)Oc1cccc2c1CN(C1CCC(=O)NC1=O)C2=O. The number of piperidine rings is 1. The van der Waals surface area contributed by atoms with Gasteiger partial charge in [-0.05, 0) is 29.7 Å². The maximum atomic E-state index is 13.1. The smallest absolute Gasteiger partial charge is 0.255 e. The maximum Gasteiger partial charge on any atom is 0.255 e. The molecular weight excluding hydrogens is 460 g/mol. The third-order valence-corrected chi connectivity index (χ3v) is 7.07. The van der Waals surface area contributed by atoms with Gasteiger partial charge in [-0.3, -0.25) is 24.5 Å².